The van der Waals surface area contributed by atoms with Gasteiger partial charge in [-0.25, -0.2) is 0 Å². The third-order valence-electron chi connectivity index (χ3n) is 4.04. The lowest BCUT2D eigenvalue weighted by atomic mass is 9.74. The zero-order valence-corrected chi connectivity index (χ0v) is 10.8. The number of aliphatic hydroxyl groups is 1. The summed E-state index contributed by atoms with van der Waals surface area (Å²) in [5.41, 5.74) is 0. The van der Waals surface area contributed by atoms with E-state index < -0.39 is 0 Å². The minimum atomic E-state index is -0.0253. The van der Waals surface area contributed by atoms with Crippen molar-refractivity contribution in [2.45, 2.75) is 57.3 Å². The van der Waals surface area contributed by atoms with Crippen molar-refractivity contribution in [3.63, 3.8) is 0 Å². The Morgan fingerprint density at radius 1 is 1.13 bits per heavy atom. The summed E-state index contributed by atoms with van der Waals surface area (Å²) in [6, 6.07) is 0. The third kappa shape index (κ3) is 2.91. The summed E-state index contributed by atoms with van der Waals surface area (Å²) < 4.78 is 0. The van der Waals surface area contributed by atoms with Crippen molar-refractivity contribution in [1.82, 2.24) is 0 Å². The van der Waals surface area contributed by atoms with Crippen LogP contribution in [-0.4, -0.2) is 22.2 Å². The largest absolute Gasteiger partial charge is 0.392 e. The van der Waals surface area contributed by atoms with Crippen LogP contribution < -0.4 is 0 Å². The molecule has 2 aliphatic rings. The quantitative estimate of drug-likeness (QED) is 0.782. The fourth-order valence-corrected chi connectivity index (χ4v) is 4.85. The van der Waals surface area contributed by atoms with Gasteiger partial charge in [-0.15, -0.1) is 0 Å². The monoisotopic (exact) mass is 228 g/mol. The van der Waals surface area contributed by atoms with E-state index in [9.17, 15) is 5.11 Å². The molecule has 4 atom stereocenters. The number of thioether (sulfide) groups is 1. The van der Waals surface area contributed by atoms with Crippen LogP contribution in [0.5, 0.6) is 0 Å². The van der Waals surface area contributed by atoms with Crippen LogP contribution in [0.3, 0.4) is 0 Å². The van der Waals surface area contributed by atoms with Crippen molar-refractivity contribution in [3.8, 4) is 0 Å². The molecule has 0 aromatic carbocycles. The fraction of sp³-hybridized carbons (Fsp3) is 1.00. The molecule has 15 heavy (non-hydrogen) atoms. The highest BCUT2D eigenvalue weighted by Crippen LogP contribution is 2.40. The smallest absolute Gasteiger partial charge is 0.0687 e. The van der Waals surface area contributed by atoms with Crippen molar-refractivity contribution in [3.05, 3.63) is 0 Å². The number of hydrogen-bond donors (Lipinski definition) is 1. The average Bonchev–Trinajstić information content (AvgIpc) is 2.67. The standard InChI is InChI=1S/C13H24OS/c1-9-6-10(2)8-11(7-9)13(14)12-4-3-5-15-12/h9-14H,3-8H2,1-2H3. The van der Waals surface area contributed by atoms with E-state index in [1.807, 2.05) is 11.8 Å². The van der Waals surface area contributed by atoms with Gasteiger partial charge in [-0.2, -0.15) is 11.8 Å². The Labute approximate surface area is 98.0 Å². The van der Waals surface area contributed by atoms with Crippen molar-refractivity contribution in [2.75, 3.05) is 5.75 Å². The SMILES string of the molecule is CC1CC(C)CC(C(O)C2CCCS2)C1. The second-order valence-electron chi connectivity index (χ2n) is 5.72. The first-order chi connectivity index (χ1) is 7.16. The van der Waals surface area contributed by atoms with E-state index >= 15 is 0 Å². The Bertz CT molecular complexity index is 191. The van der Waals surface area contributed by atoms with Gasteiger partial charge in [0.05, 0.1) is 6.10 Å². The van der Waals surface area contributed by atoms with Gasteiger partial charge in [0.2, 0.25) is 0 Å². The zero-order chi connectivity index (χ0) is 10.8. The van der Waals surface area contributed by atoms with Gasteiger partial charge in [0.25, 0.3) is 0 Å². The first-order valence-electron chi connectivity index (χ1n) is 6.46. The van der Waals surface area contributed by atoms with Crippen molar-refractivity contribution >= 4 is 11.8 Å². The van der Waals surface area contributed by atoms with Gasteiger partial charge in [-0.1, -0.05) is 13.8 Å². The molecule has 2 fully saturated rings. The highest BCUT2D eigenvalue weighted by Gasteiger charge is 2.34. The molecular formula is C13H24OS. The minimum absolute atomic E-state index is 0.0253. The number of hydrogen-bond acceptors (Lipinski definition) is 2. The molecule has 1 nitrogen and oxygen atoms in total. The molecule has 2 heteroatoms. The molecule has 0 radical (unpaired) electrons. The maximum atomic E-state index is 10.4. The van der Waals surface area contributed by atoms with Gasteiger partial charge in [-0.3, -0.25) is 0 Å². The van der Waals surface area contributed by atoms with Gasteiger partial charge in [0.1, 0.15) is 0 Å². The second kappa shape index (κ2) is 5.09. The molecule has 1 saturated carbocycles. The van der Waals surface area contributed by atoms with Crippen molar-refractivity contribution in [1.29, 1.82) is 0 Å². The normalized spacial score (nSPS) is 44.2. The minimum Gasteiger partial charge on any atom is -0.392 e. The zero-order valence-electron chi connectivity index (χ0n) is 9.98. The molecule has 0 aromatic rings. The predicted octanol–water partition coefficient (Wildman–Crippen LogP) is 3.32. The Kier molecular flexibility index (Phi) is 4.00. The van der Waals surface area contributed by atoms with E-state index in [-0.39, 0.29) is 6.10 Å². The summed E-state index contributed by atoms with van der Waals surface area (Å²) in [7, 11) is 0. The fourth-order valence-electron chi connectivity index (χ4n) is 3.46. The highest BCUT2D eigenvalue weighted by atomic mass is 32.2. The molecule has 1 saturated heterocycles. The Hall–Kier alpha value is 0.310. The number of rotatable bonds is 2. The van der Waals surface area contributed by atoms with E-state index in [0.717, 1.165) is 11.8 Å². The Morgan fingerprint density at radius 3 is 2.33 bits per heavy atom. The van der Waals surface area contributed by atoms with Crippen LogP contribution in [0.1, 0.15) is 46.0 Å². The summed E-state index contributed by atoms with van der Waals surface area (Å²) in [6.45, 7) is 4.69. The first-order valence-corrected chi connectivity index (χ1v) is 7.51. The lowest BCUT2D eigenvalue weighted by molar-refractivity contribution is 0.0538. The summed E-state index contributed by atoms with van der Waals surface area (Å²) >= 11 is 2.00. The third-order valence-corrected chi connectivity index (χ3v) is 5.51. The van der Waals surface area contributed by atoms with E-state index in [1.54, 1.807) is 0 Å². The molecule has 4 unspecified atom stereocenters. The van der Waals surface area contributed by atoms with Crippen molar-refractivity contribution in [2.24, 2.45) is 17.8 Å². The summed E-state index contributed by atoms with van der Waals surface area (Å²) in [6.07, 6.45) is 6.39. The molecule has 1 aliphatic carbocycles. The summed E-state index contributed by atoms with van der Waals surface area (Å²) in [5.74, 6) is 3.48. The molecule has 0 bridgehead atoms. The van der Waals surface area contributed by atoms with E-state index in [4.69, 9.17) is 0 Å². The van der Waals surface area contributed by atoms with Crippen LogP contribution in [0.4, 0.5) is 0 Å². The van der Waals surface area contributed by atoms with Gasteiger partial charge >= 0.3 is 0 Å². The molecule has 0 amide bonds. The molecule has 88 valence electrons. The molecule has 1 heterocycles. The molecular weight excluding hydrogens is 204 g/mol. The van der Waals surface area contributed by atoms with Gasteiger partial charge in [0.15, 0.2) is 0 Å². The average molecular weight is 228 g/mol. The number of aliphatic hydroxyl groups excluding tert-OH is 1. The maximum Gasteiger partial charge on any atom is 0.0687 e. The van der Waals surface area contributed by atoms with E-state index in [0.29, 0.717) is 11.2 Å². The summed E-state index contributed by atoms with van der Waals surface area (Å²) in [5, 5.41) is 10.9. The van der Waals surface area contributed by atoms with Crippen LogP contribution in [0.2, 0.25) is 0 Å². The lowest BCUT2D eigenvalue weighted by Gasteiger charge is -2.36. The van der Waals surface area contributed by atoms with Crippen LogP contribution in [0.15, 0.2) is 0 Å². The predicted molar refractivity (Wildman–Crippen MR) is 67.2 cm³/mol. The highest BCUT2D eigenvalue weighted by molar-refractivity contribution is 8.00. The molecule has 0 spiro atoms. The van der Waals surface area contributed by atoms with Crippen LogP contribution in [-0.2, 0) is 0 Å². The van der Waals surface area contributed by atoms with Gasteiger partial charge in [0, 0.05) is 5.25 Å². The first kappa shape index (κ1) is 11.8. The van der Waals surface area contributed by atoms with E-state index in [1.165, 1.54) is 37.9 Å². The van der Waals surface area contributed by atoms with Crippen LogP contribution in [0.25, 0.3) is 0 Å². The molecule has 1 aliphatic heterocycles. The van der Waals surface area contributed by atoms with Crippen LogP contribution >= 0.6 is 11.8 Å². The maximum absolute atomic E-state index is 10.4. The summed E-state index contributed by atoms with van der Waals surface area (Å²) in [4.78, 5) is 0. The van der Waals surface area contributed by atoms with Gasteiger partial charge in [-0.05, 0) is 55.6 Å². The topological polar surface area (TPSA) is 20.2 Å². The van der Waals surface area contributed by atoms with Crippen LogP contribution in [0, 0.1) is 17.8 Å². The molecule has 0 aromatic heterocycles. The Morgan fingerprint density at radius 2 is 1.80 bits per heavy atom. The molecule has 1 N–H and O–H groups in total. The van der Waals surface area contributed by atoms with Crippen molar-refractivity contribution < 1.29 is 5.11 Å². The lowest BCUT2D eigenvalue weighted by Crippen LogP contribution is -2.35. The Balaban J connectivity index is 1.90. The molecule has 2 rings (SSSR count). The second-order valence-corrected chi connectivity index (χ2v) is 7.07. The van der Waals surface area contributed by atoms with Gasteiger partial charge < -0.3 is 5.11 Å². The van der Waals surface area contributed by atoms with E-state index in [2.05, 4.69) is 13.8 Å².